The fourth-order valence-corrected chi connectivity index (χ4v) is 4.34. The lowest BCUT2D eigenvalue weighted by Crippen LogP contribution is -2.53. The van der Waals surface area contributed by atoms with E-state index in [1.54, 1.807) is 17.0 Å². The minimum atomic E-state index is -4.84. The Bertz CT molecular complexity index is 1300. The summed E-state index contributed by atoms with van der Waals surface area (Å²) in [7, 11) is 1.000. The molecule has 0 bridgehead atoms. The van der Waals surface area contributed by atoms with Crippen molar-refractivity contribution in [3.63, 3.8) is 0 Å². The zero-order chi connectivity index (χ0) is 26.9. The van der Waals surface area contributed by atoms with Gasteiger partial charge in [-0.25, -0.2) is 19.2 Å². The normalized spacial score (nSPS) is 16.2. The molecule has 0 aliphatic carbocycles. The molecule has 1 aromatic carbocycles. The number of nitrogens with zero attached hydrogens (tertiary/aromatic N) is 6. The van der Waals surface area contributed by atoms with Crippen LogP contribution >= 0.6 is 0 Å². The number of hydrogen-bond donors (Lipinski definition) is 0. The molecule has 196 valence electrons. The van der Waals surface area contributed by atoms with E-state index in [-0.39, 0.29) is 17.8 Å². The Morgan fingerprint density at radius 3 is 2.43 bits per heavy atom. The predicted octanol–water partition coefficient (Wildman–Crippen LogP) is 4.13. The third kappa shape index (κ3) is 5.47. The van der Waals surface area contributed by atoms with Gasteiger partial charge in [-0.15, -0.1) is 5.10 Å². The molecular formula is C25H26F4N6O2. The molecule has 1 fully saturated rings. The molecule has 8 nitrogen and oxygen atoms in total. The van der Waals surface area contributed by atoms with E-state index in [1.807, 2.05) is 25.7 Å². The van der Waals surface area contributed by atoms with Crippen LogP contribution in [0, 0.1) is 19.7 Å². The SMILES string of the molecule is COC(=O)c1cnc(N2CCN(c3nnc(Cc4ccc(F)cc4)c(C)c3C)CC2C)nc1C(F)(F)F. The number of anilines is 2. The second-order valence-electron chi connectivity index (χ2n) is 8.93. The molecule has 1 unspecified atom stereocenters. The van der Waals surface area contributed by atoms with E-state index in [4.69, 9.17) is 0 Å². The Morgan fingerprint density at radius 1 is 1.11 bits per heavy atom. The molecule has 3 aromatic rings. The number of ether oxygens (including phenoxy) is 1. The van der Waals surface area contributed by atoms with Crippen LogP contribution in [0.2, 0.25) is 0 Å². The summed E-state index contributed by atoms with van der Waals surface area (Å²) in [6, 6.07) is 5.99. The number of methoxy groups -OCH3 is 1. The van der Waals surface area contributed by atoms with Crippen molar-refractivity contribution in [2.45, 2.75) is 39.4 Å². The third-order valence-corrected chi connectivity index (χ3v) is 6.51. The fraction of sp³-hybridized carbons (Fsp3) is 0.400. The maximum absolute atomic E-state index is 13.6. The summed E-state index contributed by atoms with van der Waals surface area (Å²) >= 11 is 0. The summed E-state index contributed by atoms with van der Waals surface area (Å²) in [5.41, 5.74) is 1.58. The van der Waals surface area contributed by atoms with Crippen LogP contribution in [0.1, 0.15) is 45.4 Å². The lowest BCUT2D eigenvalue weighted by atomic mass is 10.0. The lowest BCUT2D eigenvalue weighted by molar-refractivity contribution is -0.141. The Morgan fingerprint density at radius 2 is 1.81 bits per heavy atom. The molecular weight excluding hydrogens is 492 g/mol. The number of esters is 1. The van der Waals surface area contributed by atoms with Crippen LogP contribution in [0.25, 0.3) is 0 Å². The van der Waals surface area contributed by atoms with Gasteiger partial charge in [-0.1, -0.05) is 12.1 Å². The largest absolute Gasteiger partial charge is 0.465 e. The molecule has 1 atom stereocenters. The predicted molar refractivity (Wildman–Crippen MR) is 128 cm³/mol. The van der Waals surface area contributed by atoms with Gasteiger partial charge in [-0.05, 0) is 49.6 Å². The first-order valence-electron chi connectivity index (χ1n) is 11.6. The average Bonchev–Trinajstić information content (AvgIpc) is 2.87. The number of aromatic nitrogens is 4. The first-order chi connectivity index (χ1) is 17.5. The van der Waals surface area contributed by atoms with Gasteiger partial charge in [0.1, 0.15) is 11.4 Å². The van der Waals surface area contributed by atoms with Crippen molar-refractivity contribution in [3.05, 3.63) is 69.9 Å². The van der Waals surface area contributed by atoms with Gasteiger partial charge in [0, 0.05) is 38.3 Å². The minimum absolute atomic E-state index is 0.110. The molecule has 0 spiro atoms. The van der Waals surface area contributed by atoms with Gasteiger partial charge in [0.2, 0.25) is 5.95 Å². The monoisotopic (exact) mass is 518 g/mol. The van der Waals surface area contributed by atoms with Gasteiger partial charge in [0.25, 0.3) is 0 Å². The van der Waals surface area contributed by atoms with E-state index in [0.29, 0.717) is 31.9 Å². The molecule has 1 aliphatic heterocycles. The number of carbonyl (C=O) groups excluding carboxylic acids is 1. The van der Waals surface area contributed by atoms with Crippen LogP contribution in [0.3, 0.4) is 0 Å². The first-order valence-corrected chi connectivity index (χ1v) is 11.6. The number of hydrogen-bond acceptors (Lipinski definition) is 8. The molecule has 37 heavy (non-hydrogen) atoms. The van der Waals surface area contributed by atoms with E-state index >= 15 is 0 Å². The Hall–Kier alpha value is -3.83. The quantitative estimate of drug-likeness (QED) is 0.368. The lowest BCUT2D eigenvalue weighted by Gasteiger charge is -2.41. The molecule has 12 heteroatoms. The average molecular weight is 519 g/mol. The van der Waals surface area contributed by atoms with Crippen molar-refractivity contribution in [2.75, 3.05) is 36.5 Å². The van der Waals surface area contributed by atoms with Crippen molar-refractivity contribution in [2.24, 2.45) is 0 Å². The summed E-state index contributed by atoms with van der Waals surface area (Å²) in [5, 5.41) is 8.86. The smallest absolute Gasteiger partial charge is 0.434 e. The van der Waals surface area contributed by atoms with Crippen molar-refractivity contribution in [1.29, 1.82) is 0 Å². The number of carbonyl (C=O) groups is 1. The number of halogens is 4. The standard InChI is InChI=1S/C25H26F4N6O2/c1-14-13-34(22-16(3)15(2)20(32-33-22)11-17-5-7-18(26)8-6-17)9-10-35(14)24-30-12-19(23(36)37-4)21(31-24)25(27,28)29/h5-8,12,14H,9-11,13H2,1-4H3. The van der Waals surface area contributed by atoms with Crippen LogP contribution in [0.15, 0.2) is 30.5 Å². The molecule has 0 N–H and O–H groups in total. The molecule has 3 heterocycles. The fourth-order valence-electron chi connectivity index (χ4n) is 4.34. The van der Waals surface area contributed by atoms with Gasteiger partial charge in [0.05, 0.1) is 12.8 Å². The van der Waals surface area contributed by atoms with Gasteiger partial charge < -0.3 is 14.5 Å². The summed E-state index contributed by atoms with van der Waals surface area (Å²) in [6.45, 7) is 7.02. The van der Waals surface area contributed by atoms with Gasteiger partial charge >= 0.3 is 12.1 Å². The topological polar surface area (TPSA) is 84.3 Å². The van der Waals surface area contributed by atoms with Gasteiger partial charge in [-0.2, -0.15) is 18.3 Å². The van der Waals surface area contributed by atoms with Crippen LogP contribution < -0.4 is 9.80 Å². The number of piperazine rings is 1. The summed E-state index contributed by atoms with van der Waals surface area (Å²) in [5.74, 6) is -0.861. The van der Waals surface area contributed by atoms with E-state index in [0.717, 1.165) is 35.7 Å². The van der Waals surface area contributed by atoms with Crippen LogP contribution in [0.5, 0.6) is 0 Å². The van der Waals surface area contributed by atoms with Gasteiger partial charge in [0.15, 0.2) is 11.5 Å². The van der Waals surface area contributed by atoms with Crippen molar-refractivity contribution in [1.82, 2.24) is 20.2 Å². The molecule has 1 saturated heterocycles. The van der Waals surface area contributed by atoms with Crippen LogP contribution in [0.4, 0.5) is 29.3 Å². The maximum atomic E-state index is 13.6. The second kappa shape index (κ2) is 10.3. The second-order valence-corrected chi connectivity index (χ2v) is 8.93. The highest BCUT2D eigenvalue weighted by molar-refractivity contribution is 5.90. The minimum Gasteiger partial charge on any atom is -0.465 e. The highest BCUT2D eigenvalue weighted by Crippen LogP contribution is 2.33. The number of alkyl halides is 3. The Labute approximate surface area is 211 Å². The third-order valence-electron chi connectivity index (χ3n) is 6.51. The van der Waals surface area contributed by atoms with E-state index in [1.165, 1.54) is 12.1 Å². The molecule has 4 rings (SSSR count). The molecule has 0 saturated carbocycles. The Balaban J connectivity index is 1.53. The zero-order valence-corrected chi connectivity index (χ0v) is 20.8. The zero-order valence-electron chi connectivity index (χ0n) is 20.8. The van der Waals surface area contributed by atoms with E-state index < -0.39 is 23.4 Å². The van der Waals surface area contributed by atoms with E-state index in [2.05, 4.69) is 24.9 Å². The first kappa shape index (κ1) is 26.2. The molecule has 0 amide bonds. The molecule has 0 radical (unpaired) electrons. The maximum Gasteiger partial charge on any atom is 0.434 e. The van der Waals surface area contributed by atoms with Crippen LogP contribution in [-0.2, 0) is 17.3 Å². The van der Waals surface area contributed by atoms with Crippen molar-refractivity contribution < 1.29 is 27.1 Å². The highest BCUT2D eigenvalue weighted by Gasteiger charge is 2.39. The molecule has 1 aliphatic rings. The van der Waals surface area contributed by atoms with Gasteiger partial charge in [-0.3, -0.25) is 0 Å². The Kier molecular flexibility index (Phi) is 7.28. The molecule has 2 aromatic heterocycles. The number of rotatable bonds is 5. The van der Waals surface area contributed by atoms with Crippen molar-refractivity contribution >= 4 is 17.7 Å². The highest BCUT2D eigenvalue weighted by atomic mass is 19.4. The summed E-state index contributed by atoms with van der Waals surface area (Å²) in [4.78, 5) is 23.2. The van der Waals surface area contributed by atoms with Crippen LogP contribution in [-0.4, -0.2) is 58.9 Å². The number of benzene rings is 1. The van der Waals surface area contributed by atoms with E-state index in [9.17, 15) is 22.4 Å². The summed E-state index contributed by atoms with van der Waals surface area (Å²) < 4.78 is 58.4. The summed E-state index contributed by atoms with van der Waals surface area (Å²) in [6.07, 6.45) is -3.47. The van der Waals surface area contributed by atoms with Crippen molar-refractivity contribution in [3.8, 4) is 0 Å².